The molecule has 2 aliphatic heterocycles. The fraction of sp³-hybridized carbons (Fsp3) is 0.900. The molecule has 0 radical (unpaired) electrons. The summed E-state index contributed by atoms with van der Waals surface area (Å²) in [5.41, 5.74) is -0.377. The Bertz CT molecular complexity index is 229. The lowest BCUT2D eigenvalue weighted by atomic mass is 9.68. The van der Waals surface area contributed by atoms with Crippen LogP contribution in [0.3, 0.4) is 0 Å². The maximum absolute atomic E-state index is 11.6. The van der Waals surface area contributed by atoms with Gasteiger partial charge < -0.3 is 4.74 Å². The van der Waals surface area contributed by atoms with E-state index in [0.29, 0.717) is 12.2 Å². The molecule has 3 fully saturated rings. The molecule has 3 aliphatic rings. The van der Waals surface area contributed by atoms with Crippen molar-refractivity contribution in [2.45, 2.75) is 51.2 Å². The van der Waals surface area contributed by atoms with Crippen LogP contribution in [0.15, 0.2) is 0 Å². The van der Waals surface area contributed by atoms with Crippen molar-refractivity contribution in [3.63, 3.8) is 0 Å². The number of hydrogen-bond donors (Lipinski definition) is 0. The van der Waals surface area contributed by atoms with Gasteiger partial charge in [0.15, 0.2) is 0 Å². The molecule has 2 saturated heterocycles. The second kappa shape index (κ2) is 2.11. The van der Waals surface area contributed by atoms with E-state index in [1.165, 1.54) is 0 Å². The van der Waals surface area contributed by atoms with E-state index < -0.39 is 0 Å². The average Bonchev–Trinajstić information content (AvgIpc) is 1.80. The van der Waals surface area contributed by atoms with Crippen LogP contribution in [0.2, 0.25) is 0 Å². The first kappa shape index (κ1) is 8.24. The number of carbonyl (C=O) groups is 1. The molecule has 68 valence electrons. The Balaban J connectivity index is 2.34. The van der Waals surface area contributed by atoms with E-state index in [4.69, 9.17) is 4.74 Å². The molecule has 2 atom stereocenters. The third-order valence-corrected chi connectivity index (χ3v) is 3.25. The molecule has 1 saturated carbocycles. The summed E-state index contributed by atoms with van der Waals surface area (Å²) in [6.45, 7) is 6.13. The van der Waals surface area contributed by atoms with E-state index in [0.717, 1.165) is 12.8 Å². The van der Waals surface area contributed by atoms with Gasteiger partial charge in [-0.25, -0.2) is 0 Å². The van der Waals surface area contributed by atoms with Crippen LogP contribution in [0.25, 0.3) is 0 Å². The highest BCUT2D eigenvalue weighted by Crippen LogP contribution is 2.47. The van der Waals surface area contributed by atoms with E-state index in [1.807, 2.05) is 13.8 Å². The van der Waals surface area contributed by atoms with Crippen LogP contribution < -0.4 is 0 Å². The zero-order valence-electron chi connectivity index (χ0n) is 8.02. The van der Waals surface area contributed by atoms with Crippen LogP contribution in [-0.4, -0.2) is 17.0 Å². The molecule has 0 unspecified atom stereocenters. The number of carbonyl (C=O) groups excluding carboxylic acids is 1. The van der Waals surface area contributed by atoms with Gasteiger partial charge in [0.25, 0.3) is 0 Å². The van der Waals surface area contributed by atoms with Crippen LogP contribution >= 0.6 is 0 Å². The highest BCUT2D eigenvalue weighted by molar-refractivity contribution is 5.84. The standard InChI is InChI=1S/C10H16O2/c1-9(2)7-4-5-10(3,12-9)6-8(7)11/h7H,4-6H2,1-3H3/t7-,10+/m1/s1. The van der Waals surface area contributed by atoms with Crippen molar-refractivity contribution < 1.29 is 9.53 Å². The van der Waals surface area contributed by atoms with Crippen molar-refractivity contribution in [1.29, 1.82) is 0 Å². The first-order valence-corrected chi connectivity index (χ1v) is 4.66. The number of Topliss-reactive ketones (excluding diaryl/α,β-unsaturated/α-hetero) is 1. The summed E-state index contributed by atoms with van der Waals surface area (Å²) in [5.74, 6) is 0.555. The summed E-state index contributed by atoms with van der Waals surface area (Å²) in [7, 11) is 0. The lowest BCUT2D eigenvalue weighted by Crippen LogP contribution is -2.58. The summed E-state index contributed by atoms with van der Waals surface area (Å²) in [6.07, 6.45) is 2.69. The van der Waals surface area contributed by atoms with Crippen molar-refractivity contribution in [2.24, 2.45) is 5.92 Å². The summed E-state index contributed by atoms with van der Waals surface area (Å²) in [5, 5.41) is 0. The van der Waals surface area contributed by atoms with E-state index in [-0.39, 0.29) is 17.1 Å². The normalized spacial score (nSPS) is 44.9. The topological polar surface area (TPSA) is 26.3 Å². The molecule has 0 spiro atoms. The molecular weight excluding hydrogens is 152 g/mol. The van der Waals surface area contributed by atoms with Gasteiger partial charge in [-0.15, -0.1) is 0 Å². The maximum Gasteiger partial charge on any atom is 0.141 e. The Morgan fingerprint density at radius 3 is 2.50 bits per heavy atom. The van der Waals surface area contributed by atoms with Crippen molar-refractivity contribution >= 4 is 5.78 Å². The third kappa shape index (κ3) is 1.01. The van der Waals surface area contributed by atoms with Crippen LogP contribution in [0.4, 0.5) is 0 Å². The molecule has 2 heterocycles. The van der Waals surface area contributed by atoms with Gasteiger partial charge in [0.05, 0.1) is 11.2 Å². The second-order valence-electron chi connectivity index (χ2n) is 4.89. The van der Waals surface area contributed by atoms with E-state index >= 15 is 0 Å². The van der Waals surface area contributed by atoms with Crippen molar-refractivity contribution in [1.82, 2.24) is 0 Å². The van der Waals surface area contributed by atoms with Crippen LogP contribution in [0.5, 0.6) is 0 Å². The van der Waals surface area contributed by atoms with Gasteiger partial charge in [0.2, 0.25) is 0 Å². The number of ether oxygens (including phenoxy) is 1. The van der Waals surface area contributed by atoms with E-state index in [2.05, 4.69) is 6.92 Å². The van der Waals surface area contributed by atoms with Crippen molar-refractivity contribution in [2.75, 3.05) is 0 Å². The highest BCUT2D eigenvalue weighted by Gasteiger charge is 2.52. The van der Waals surface area contributed by atoms with Crippen molar-refractivity contribution in [3.05, 3.63) is 0 Å². The number of hydrogen-bond acceptors (Lipinski definition) is 2. The predicted octanol–water partition coefficient (Wildman–Crippen LogP) is 1.92. The largest absolute Gasteiger partial charge is 0.368 e. The minimum atomic E-state index is -0.220. The number of ketones is 1. The number of fused-ring (bicyclic) bond motifs is 3. The number of rotatable bonds is 0. The van der Waals surface area contributed by atoms with Gasteiger partial charge in [-0.3, -0.25) is 4.79 Å². The summed E-state index contributed by atoms with van der Waals surface area (Å²) < 4.78 is 5.91. The Hall–Kier alpha value is -0.370. The fourth-order valence-electron chi connectivity index (χ4n) is 2.72. The van der Waals surface area contributed by atoms with Gasteiger partial charge in [0, 0.05) is 12.3 Å². The monoisotopic (exact) mass is 168 g/mol. The molecule has 0 aromatic carbocycles. The molecule has 2 bridgehead atoms. The smallest absolute Gasteiger partial charge is 0.141 e. The first-order valence-electron chi connectivity index (χ1n) is 4.66. The Morgan fingerprint density at radius 1 is 1.42 bits per heavy atom. The molecule has 12 heavy (non-hydrogen) atoms. The minimum Gasteiger partial charge on any atom is -0.368 e. The van der Waals surface area contributed by atoms with Crippen LogP contribution in [0, 0.1) is 5.92 Å². The van der Waals surface area contributed by atoms with Gasteiger partial charge >= 0.3 is 0 Å². The lowest BCUT2D eigenvalue weighted by Gasteiger charge is -2.52. The van der Waals surface area contributed by atoms with Gasteiger partial charge in [-0.2, -0.15) is 0 Å². The molecular formula is C10H16O2. The molecule has 3 rings (SSSR count). The summed E-state index contributed by atoms with van der Waals surface area (Å²) in [4.78, 5) is 11.6. The summed E-state index contributed by atoms with van der Waals surface area (Å²) in [6, 6.07) is 0. The van der Waals surface area contributed by atoms with E-state index in [9.17, 15) is 4.79 Å². The zero-order valence-corrected chi connectivity index (χ0v) is 8.02. The third-order valence-electron chi connectivity index (χ3n) is 3.25. The van der Waals surface area contributed by atoms with Gasteiger partial charge in [-0.05, 0) is 33.6 Å². The second-order valence-corrected chi connectivity index (χ2v) is 4.89. The minimum absolute atomic E-state index is 0.152. The summed E-state index contributed by atoms with van der Waals surface area (Å²) >= 11 is 0. The van der Waals surface area contributed by atoms with Crippen LogP contribution in [0.1, 0.15) is 40.0 Å². The molecule has 0 aromatic rings. The molecule has 0 amide bonds. The van der Waals surface area contributed by atoms with Crippen LogP contribution in [-0.2, 0) is 9.53 Å². The highest BCUT2D eigenvalue weighted by atomic mass is 16.5. The first-order chi connectivity index (χ1) is 5.43. The lowest BCUT2D eigenvalue weighted by molar-refractivity contribution is -0.221. The molecule has 0 N–H and O–H groups in total. The Morgan fingerprint density at radius 2 is 2.08 bits per heavy atom. The van der Waals surface area contributed by atoms with Crippen molar-refractivity contribution in [3.8, 4) is 0 Å². The Labute approximate surface area is 73.3 Å². The average molecular weight is 168 g/mol. The predicted molar refractivity (Wildman–Crippen MR) is 45.9 cm³/mol. The maximum atomic E-state index is 11.6. The molecule has 1 aliphatic carbocycles. The quantitative estimate of drug-likeness (QED) is 0.552. The van der Waals surface area contributed by atoms with Gasteiger partial charge in [0.1, 0.15) is 5.78 Å². The SMILES string of the molecule is CC1(C)O[C@@]2(C)CC[C@@H]1C(=O)C2. The molecule has 2 nitrogen and oxygen atoms in total. The fourth-order valence-corrected chi connectivity index (χ4v) is 2.72. The Kier molecular flexibility index (Phi) is 1.45. The molecule has 2 heteroatoms. The zero-order chi connectivity index (χ0) is 8.98. The van der Waals surface area contributed by atoms with E-state index in [1.54, 1.807) is 0 Å². The molecule has 0 aromatic heterocycles. The van der Waals surface area contributed by atoms with Gasteiger partial charge in [-0.1, -0.05) is 0 Å².